The molecule has 0 aromatic heterocycles. The summed E-state index contributed by atoms with van der Waals surface area (Å²) in [4.78, 5) is 14.0. The van der Waals surface area contributed by atoms with Crippen LogP contribution in [0, 0.1) is 0 Å². The zero-order valence-electron chi connectivity index (χ0n) is 12.7. The largest absolute Gasteiger partial charge is 0.462 e. The number of nitrogens with zero attached hydrogens (tertiary/aromatic N) is 1. The van der Waals surface area contributed by atoms with Crippen molar-refractivity contribution >= 4 is 29.1 Å². The highest BCUT2D eigenvalue weighted by Gasteiger charge is 2.17. The second kappa shape index (κ2) is 8.04. The lowest BCUT2D eigenvalue weighted by molar-refractivity contribution is 0.0526. The Bertz CT molecular complexity index is 451. The molecule has 20 heavy (non-hydrogen) atoms. The molecule has 0 bridgehead atoms. The summed E-state index contributed by atoms with van der Waals surface area (Å²) in [7, 11) is 2.02. The third kappa shape index (κ3) is 4.07. The molecule has 0 radical (unpaired) electrons. The maximum Gasteiger partial charge on any atom is 0.338 e. The molecule has 0 saturated heterocycles. The van der Waals surface area contributed by atoms with Gasteiger partial charge in [0.2, 0.25) is 0 Å². The fraction of sp³-hybridized carbons (Fsp3) is 0.533. The van der Waals surface area contributed by atoms with Crippen LogP contribution >= 0.6 is 11.8 Å². The molecule has 0 heterocycles. The molecule has 1 unspecified atom stereocenters. The lowest BCUT2D eigenvalue weighted by Gasteiger charge is -2.30. The topological polar surface area (TPSA) is 55.6 Å². The number of hydrogen-bond donors (Lipinski definition) is 1. The highest BCUT2D eigenvalue weighted by atomic mass is 32.2. The van der Waals surface area contributed by atoms with Gasteiger partial charge in [-0.2, -0.15) is 11.8 Å². The monoisotopic (exact) mass is 296 g/mol. The first kappa shape index (κ1) is 16.7. The second-order valence-corrected chi connectivity index (χ2v) is 5.53. The summed E-state index contributed by atoms with van der Waals surface area (Å²) in [5.41, 5.74) is 8.16. The predicted molar refractivity (Wildman–Crippen MR) is 87.7 cm³/mol. The molecule has 112 valence electrons. The Morgan fingerprint density at radius 3 is 2.70 bits per heavy atom. The molecule has 4 nitrogen and oxygen atoms in total. The number of esters is 1. The van der Waals surface area contributed by atoms with Crippen molar-refractivity contribution in [3.8, 4) is 0 Å². The average molecular weight is 296 g/mol. The SMILES string of the molecule is CCOC(=O)c1ccc(N)c(N(C)C(CC)CSC)c1. The summed E-state index contributed by atoms with van der Waals surface area (Å²) in [6.07, 6.45) is 3.12. The van der Waals surface area contributed by atoms with Crippen LogP contribution in [0.25, 0.3) is 0 Å². The molecule has 0 spiro atoms. The molecule has 0 aliphatic carbocycles. The van der Waals surface area contributed by atoms with Crippen molar-refractivity contribution in [1.82, 2.24) is 0 Å². The van der Waals surface area contributed by atoms with Gasteiger partial charge in [0.25, 0.3) is 0 Å². The Hall–Kier alpha value is -1.36. The van der Waals surface area contributed by atoms with Crippen LogP contribution in [0.15, 0.2) is 18.2 Å². The van der Waals surface area contributed by atoms with Gasteiger partial charge in [-0.3, -0.25) is 0 Å². The minimum Gasteiger partial charge on any atom is -0.462 e. The lowest BCUT2D eigenvalue weighted by atomic mass is 10.1. The summed E-state index contributed by atoms with van der Waals surface area (Å²) in [5.74, 6) is 0.718. The molecule has 2 N–H and O–H groups in total. The molecular weight excluding hydrogens is 272 g/mol. The molecular formula is C15H24N2O2S. The Labute approximate surface area is 125 Å². The van der Waals surface area contributed by atoms with Gasteiger partial charge in [0.1, 0.15) is 0 Å². The summed E-state index contributed by atoms with van der Waals surface area (Å²) < 4.78 is 5.03. The third-order valence-corrected chi connectivity index (χ3v) is 4.02. The van der Waals surface area contributed by atoms with Crippen LogP contribution < -0.4 is 10.6 Å². The zero-order chi connectivity index (χ0) is 15.1. The molecule has 1 atom stereocenters. The van der Waals surface area contributed by atoms with E-state index in [2.05, 4.69) is 18.1 Å². The number of carbonyl (C=O) groups is 1. The van der Waals surface area contributed by atoms with E-state index in [-0.39, 0.29) is 5.97 Å². The van der Waals surface area contributed by atoms with Crippen molar-refractivity contribution in [2.75, 3.05) is 36.3 Å². The van der Waals surface area contributed by atoms with Crippen molar-refractivity contribution in [1.29, 1.82) is 0 Å². The number of rotatable bonds is 7. The van der Waals surface area contributed by atoms with Gasteiger partial charge in [0.05, 0.1) is 23.5 Å². The van der Waals surface area contributed by atoms with Gasteiger partial charge in [0.15, 0.2) is 0 Å². The van der Waals surface area contributed by atoms with Crippen LogP contribution in [-0.2, 0) is 4.74 Å². The van der Waals surface area contributed by atoms with Crippen molar-refractivity contribution < 1.29 is 9.53 Å². The van der Waals surface area contributed by atoms with Crippen LogP contribution in [0.2, 0.25) is 0 Å². The van der Waals surface area contributed by atoms with Gasteiger partial charge in [-0.15, -0.1) is 0 Å². The Kier molecular flexibility index (Phi) is 6.71. The molecule has 1 aromatic carbocycles. The molecule has 0 aliphatic rings. The van der Waals surface area contributed by atoms with E-state index in [9.17, 15) is 4.79 Å². The predicted octanol–water partition coefficient (Wildman–Crippen LogP) is 3.02. The van der Waals surface area contributed by atoms with E-state index in [0.29, 0.717) is 23.9 Å². The lowest BCUT2D eigenvalue weighted by Crippen LogP contribution is -2.33. The number of nitrogens with two attached hydrogens (primary N) is 1. The molecule has 1 aromatic rings. The van der Waals surface area contributed by atoms with Crippen molar-refractivity contribution in [3.63, 3.8) is 0 Å². The normalized spacial score (nSPS) is 12.0. The minimum atomic E-state index is -0.305. The maximum absolute atomic E-state index is 11.8. The number of anilines is 2. The minimum absolute atomic E-state index is 0.305. The van der Waals surface area contributed by atoms with Gasteiger partial charge in [-0.1, -0.05) is 6.92 Å². The molecule has 0 aliphatic heterocycles. The van der Waals surface area contributed by atoms with Crippen molar-refractivity contribution in [2.45, 2.75) is 26.3 Å². The number of hydrogen-bond acceptors (Lipinski definition) is 5. The molecule has 0 saturated carbocycles. The zero-order valence-corrected chi connectivity index (χ0v) is 13.5. The number of carbonyl (C=O) groups excluding carboxylic acids is 1. The Balaban J connectivity index is 3.03. The smallest absolute Gasteiger partial charge is 0.338 e. The van der Waals surface area contributed by atoms with Crippen LogP contribution in [0.3, 0.4) is 0 Å². The third-order valence-electron chi connectivity index (χ3n) is 3.30. The van der Waals surface area contributed by atoms with Gasteiger partial charge >= 0.3 is 5.97 Å². The standard InChI is InChI=1S/C15H24N2O2S/c1-5-12(10-20-4)17(3)14-9-11(7-8-13(14)16)15(18)19-6-2/h7-9,12H,5-6,10,16H2,1-4H3. The summed E-state index contributed by atoms with van der Waals surface area (Å²) in [6.45, 7) is 4.33. The van der Waals surface area contributed by atoms with E-state index in [1.807, 2.05) is 24.9 Å². The average Bonchev–Trinajstić information content (AvgIpc) is 2.44. The number of benzene rings is 1. The quantitative estimate of drug-likeness (QED) is 0.619. The van der Waals surface area contributed by atoms with Gasteiger partial charge < -0.3 is 15.4 Å². The van der Waals surface area contributed by atoms with Crippen LogP contribution in [0.1, 0.15) is 30.6 Å². The molecule has 5 heteroatoms. The van der Waals surface area contributed by atoms with Crippen LogP contribution in [0.5, 0.6) is 0 Å². The van der Waals surface area contributed by atoms with Crippen LogP contribution in [0.4, 0.5) is 11.4 Å². The van der Waals surface area contributed by atoms with E-state index in [1.165, 1.54) is 0 Å². The number of thioether (sulfide) groups is 1. The number of nitrogen functional groups attached to an aromatic ring is 1. The van der Waals surface area contributed by atoms with Crippen molar-refractivity contribution in [2.24, 2.45) is 0 Å². The molecule has 1 rings (SSSR count). The number of ether oxygens (including phenoxy) is 1. The van der Waals surface area contributed by atoms with Gasteiger partial charge in [0, 0.05) is 18.8 Å². The summed E-state index contributed by atoms with van der Waals surface area (Å²) in [5, 5.41) is 0. The van der Waals surface area contributed by atoms with Gasteiger partial charge in [-0.25, -0.2) is 4.79 Å². The fourth-order valence-corrected chi connectivity index (χ4v) is 2.93. The van der Waals surface area contributed by atoms with E-state index >= 15 is 0 Å². The van der Waals surface area contributed by atoms with E-state index in [0.717, 1.165) is 17.9 Å². The Morgan fingerprint density at radius 1 is 1.45 bits per heavy atom. The highest BCUT2D eigenvalue weighted by Crippen LogP contribution is 2.27. The summed E-state index contributed by atoms with van der Waals surface area (Å²) in [6, 6.07) is 5.69. The first-order valence-corrected chi connectivity index (χ1v) is 8.22. The maximum atomic E-state index is 11.8. The first-order chi connectivity index (χ1) is 9.54. The molecule has 0 amide bonds. The van der Waals surface area contributed by atoms with Gasteiger partial charge in [-0.05, 0) is 37.8 Å². The fourth-order valence-electron chi connectivity index (χ4n) is 2.08. The summed E-state index contributed by atoms with van der Waals surface area (Å²) >= 11 is 1.81. The van der Waals surface area contributed by atoms with Crippen LogP contribution in [-0.4, -0.2) is 37.7 Å². The Morgan fingerprint density at radius 2 is 2.15 bits per heavy atom. The van der Waals surface area contributed by atoms with E-state index in [1.54, 1.807) is 19.1 Å². The van der Waals surface area contributed by atoms with E-state index in [4.69, 9.17) is 10.5 Å². The van der Waals surface area contributed by atoms with E-state index < -0.39 is 0 Å². The van der Waals surface area contributed by atoms with Crippen molar-refractivity contribution in [3.05, 3.63) is 23.8 Å². The highest BCUT2D eigenvalue weighted by molar-refractivity contribution is 7.98. The second-order valence-electron chi connectivity index (χ2n) is 4.62. The first-order valence-electron chi connectivity index (χ1n) is 6.83. The molecule has 0 fully saturated rings.